The molecule has 0 aliphatic carbocycles. The Hall–Kier alpha value is -2.74. The maximum atomic E-state index is 12.0. The van der Waals surface area contributed by atoms with Gasteiger partial charge in [-0.1, -0.05) is 12.1 Å². The van der Waals surface area contributed by atoms with Gasteiger partial charge in [-0.25, -0.2) is 0 Å². The molecule has 23 heavy (non-hydrogen) atoms. The summed E-state index contributed by atoms with van der Waals surface area (Å²) < 4.78 is 0. The molecule has 0 aliphatic rings. The van der Waals surface area contributed by atoms with Crippen molar-refractivity contribution < 1.29 is 14.5 Å². The molecule has 8 heteroatoms. The molecule has 1 aromatic heterocycles. The molecule has 0 aliphatic heterocycles. The molecule has 0 spiro atoms. The number of carbonyl (C=O) groups excluding carboxylic acids is 2. The maximum absolute atomic E-state index is 12.0. The van der Waals surface area contributed by atoms with E-state index >= 15 is 0 Å². The number of nitrogens with zero attached hydrogens (tertiary/aromatic N) is 1. The Morgan fingerprint density at radius 1 is 1.17 bits per heavy atom. The summed E-state index contributed by atoms with van der Waals surface area (Å²) in [5.74, 6) is -0.612. The van der Waals surface area contributed by atoms with Gasteiger partial charge in [0, 0.05) is 30.3 Å². The molecule has 2 amide bonds. The van der Waals surface area contributed by atoms with E-state index in [9.17, 15) is 19.7 Å². The summed E-state index contributed by atoms with van der Waals surface area (Å²) in [5.41, 5.74) is 0.616. The largest absolute Gasteiger partial charge is 0.350 e. The predicted octanol–water partition coefficient (Wildman–Crippen LogP) is 2.12. The molecule has 0 bridgehead atoms. The van der Waals surface area contributed by atoms with Crippen LogP contribution in [0.3, 0.4) is 0 Å². The quantitative estimate of drug-likeness (QED) is 0.480. The SMILES string of the molecule is Cc1ccc(C(=O)NCCNC(=O)c2cccs2)cc1[N+](=O)[O-]. The van der Waals surface area contributed by atoms with Crippen LogP contribution in [-0.4, -0.2) is 29.8 Å². The molecule has 2 rings (SSSR count). The van der Waals surface area contributed by atoms with E-state index in [4.69, 9.17) is 0 Å². The summed E-state index contributed by atoms with van der Waals surface area (Å²) in [7, 11) is 0. The zero-order valence-electron chi connectivity index (χ0n) is 12.4. The van der Waals surface area contributed by atoms with E-state index in [1.165, 1.54) is 29.5 Å². The molecule has 1 heterocycles. The molecule has 1 aromatic carbocycles. The molecule has 0 saturated heterocycles. The first-order valence-corrected chi connectivity index (χ1v) is 7.72. The van der Waals surface area contributed by atoms with Gasteiger partial charge in [0.05, 0.1) is 9.80 Å². The van der Waals surface area contributed by atoms with Crippen molar-refractivity contribution in [2.24, 2.45) is 0 Å². The third-order valence-corrected chi connectivity index (χ3v) is 3.98. The fourth-order valence-corrected chi connectivity index (χ4v) is 2.54. The minimum Gasteiger partial charge on any atom is -0.350 e. The number of hydrogen-bond donors (Lipinski definition) is 2. The van der Waals surface area contributed by atoms with Crippen molar-refractivity contribution >= 4 is 28.8 Å². The fraction of sp³-hybridized carbons (Fsp3) is 0.200. The molecular formula is C15H15N3O4S. The number of aryl methyl sites for hydroxylation is 1. The molecule has 0 radical (unpaired) electrons. The fourth-order valence-electron chi connectivity index (χ4n) is 1.90. The van der Waals surface area contributed by atoms with Crippen molar-refractivity contribution in [1.82, 2.24) is 10.6 Å². The lowest BCUT2D eigenvalue weighted by atomic mass is 10.1. The van der Waals surface area contributed by atoms with E-state index in [1.54, 1.807) is 24.4 Å². The first-order chi connectivity index (χ1) is 11.0. The second-order valence-electron chi connectivity index (χ2n) is 4.75. The third-order valence-electron chi connectivity index (χ3n) is 3.11. The van der Waals surface area contributed by atoms with Crippen molar-refractivity contribution in [2.75, 3.05) is 13.1 Å². The second kappa shape index (κ2) is 7.50. The average Bonchev–Trinajstić information content (AvgIpc) is 3.05. The Kier molecular flexibility index (Phi) is 5.42. The number of nitrogens with one attached hydrogen (secondary N) is 2. The molecule has 120 valence electrons. The van der Waals surface area contributed by atoms with Crippen LogP contribution in [0.25, 0.3) is 0 Å². The van der Waals surface area contributed by atoms with Crippen molar-refractivity contribution in [3.8, 4) is 0 Å². The van der Waals surface area contributed by atoms with Gasteiger partial charge in [-0.2, -0.15) is 0 Å². The standard InChI is InChI=1S/C15H15N3O4S/c1-10-4-5-11(9-12(10)18(21)22)14(19)16-6-7-17-15(20)13-3-2-8-23-13/h2-5,8-9H,6-7H2,1H3,(H,16,19)(H,17,20). The predicted molar refractivity (Wildman–Crippen MR) is 86.8 cm³/mol. The molecular weight excluding hydrogens is 318 g/mol. The zero-order valence-corrected chi connectivity index (χ0v) is 13.2. The third kappa shape index (κ3) is 4.36. The summed E-state index contributed by atoms with van der Waals surface area (Å²) in [5, 5.41) is 18.0. The van der Waals surface area contributed by atoms with Crippen molar-refractivity contribution in [1.29, 1.82) is 0 Å². The van der Waals surface area contributed by atoms with Crippen LogP contribution in [-0.2, 0) is 0 Å². The van der Waals surface area contributed by atoms with E-state index < -0.39 is 10.8 Å². The number of carbonyl (C=O) groups is 2. The van der Waals surface area contributed by atoms with E-state index in [0.717, 1.165) is 0 Å². The number of nitro groups is 1. The molecule has 2 N–H and O–H groups in total. The number of thiophene rings is 1. The van der Waals surface area contributed by atoms with Crippen LogP contribution in [0.4, 0.5) is 5.69 Å². The molecule has 0 unspecified atom stereocenters. The Morgan fingerprint density at radius 2 is 1.87 bits per heavy atom. The van der Waals surface area contributed by atoms with Gasteiger partial charge in [-0.15, -0.1) is 11.3 Å². The van der Waals surface area contributed by atoms with Gasteiger partial charge in [0.1, 0.15) is 0 Å². The molecule has 0 saturated carbocycles. The topological polar surface area (TPSA) is 101 Å². The normalized spacial score (nSPS) is 10.1. The minimum absolute atomic E-state index is 0.0938. The lowest BCUT2D eigenvalue weighted by Gasteiger charge is -2.07. The monoisotopic (exact) mass is 333 g/mol. The summed E-state index contributed by atoms with van der Waals surface area (Å²) >= 11 is 1.33. The van der Waals surface area contributed by atoms with Gasteiger partial charge >= 0.3 is 0 Å². The molecule has 0 fully saturated rings. The summed E-state index contributed by atoms with van der Waals surface area (Å²) in [4.78, 5) is 34.6. The smallest absolute Gasteiger partial charge is 0.273 e. The zero-order chi connectivity index (χ0) is 16.8. The highest BCUT2D eigenvalue weighted by atomic mass is 32.1. The second-order valence-corrected chi connectivity index (χ2v) is 5.70. The summed E-state index contributed by atoms with van der Waals surface area (Å²) in [6.07, 6.45) is 0. The van der Waals surface area contributed by atoms with Crippen LogP contribution in [0.2, 0.25) is 0 Å². The maximum Gasteiger partial charge on any atom is 0.273 e. The Balaban J connectivity index is 1.84. The van der Waals surface area contributed by atoms with Crippen LogP contribution in [0.1, 0.15) is 25.6 Å². The number of benzene rings is 1. The highest BCUT2D eigenvalue weighted by Crippen LogP contribution is 2.19. The highest BCUT2D eigenvalue weighted by Gasteiger charge is 2.14. The van der Waals surface area contributed by atoms with Crippen LogP contribution >= 0.6 is 11.3 Å². The first kappa shape index (κ1) is 16.6. The summed E-state index contributed by atoms with van der Waals surface area (Å²) in [6, 6.07) is 7.80. The minimum atomic E-state index is -0.520. The number of hydrogen-bond acceptors (Lipinski definition) is 5. The number of nitro benzene ring substituents is 1. The van der Waals surface area contributed by atoms with E-state index in [1.807, 2.05) is 0 Å². The molecule has 2 aromatic rings. The van der Waals surface area contributed by atoms with Crippen molar-refractivity contribution in [3.63, 3.8) is 0 Å². The van der Waals surface area contributed by atoms with E-state index in [-0.39, 0.29) is 30.2 Å². The Labute approximate surface area is 136 Å². The van der Waals surface area contributed by atoms with Crippen LogP contribution in [0.15, 0.2) is 35.7 Å². The number of amides is 2. The Morgan fingerprint density at radius 3 is 2.48 bits per heavy atom. The van der Waals surface area contributed by atoms with Crippen molar-refractivity contribution in [3.05, 3.63) is 61.8 Å². The van der Waals surface area contributed by atoms with E-state index in [2.05, 4.69) is 10.6 Å². The van der Waals surface area contributed by atoms with Gasteiger partial charge in [-0.05, 0) is 24.4 Å². The first-order valence-electron chi connectivity index (χ1n) is 6.84. The Bertz CT molecular complexity index is 728. The van der Waals surface area contributed by atoms with Gasteiger partial charge in [0.25, 0.3) is 17.5 Å². The molecule has 0 atom stereocenters. The van der Waals surface area contributed by atoms with Crippen LogP contribution < -0.4 is 10.6 Å². The lowest BCUT2D eigenvalue weighted by molar-refractivity contribution is -0.385. The number of rotatable bonds is 6. The van der Waals surface area contributed by atoms with Gasteiger partial charge < -0.3 is 10.6 Å². The average molecular weight is 333 g/mol. The lowest BCUT2D eigenvalue weighted by Crippen LogP contribution is -2.34. The van der Waals surface area contributed by atoms with Gasteiger partial charge in [-0.3, -0.25) is 19.7 Å². The highest BCUT2D eigenvalue weighted by molar-refractivity contribution is 7.12. The van der Waals surface area contributed by atoms with Gasteiger partial charge in [0.15, 0.2) is 0 Å². The van der Waals surface area contributed by atoms with Crippen LogP contribution in [0.5, 0.6) is 0 Å². The summed E-state index contributed by atoms with van der Waals surface area (Å²) in [6.45, 7) is 2.12. The van der Waals surface area contributed by atoms with Crippen LogP contribution in [0, 0.1) is 17.0 Å². The van der Waals surface area contributed by atoms with Gasteiger partial charge in [0.2, 0.25) is 0 Å². The van der Waals surface area contributed by atoms with Crippen molar-refractivity contribution in [2.45, 2.75) is 6.92 Å². The van der Waals surface area contributed by atoms with E-state index in [0.29, 0.717) is 10.4 Å². The molecule has 7 nitrogen and oxygen atoms in total.